The number of quaternary nitrogens is 1. The molecule has 0 unspecified atom stereocenters. The van der Waals surface area contributed by atoms with E-state index >= 15 is 0 Å². The molecule has 0 radical (unpaired) electrons. The molecule has 6 aromatic rings. The molecule has 0 spiro atoms. The van der Waals surface area contributed by atoms with Gasteiger partial charge in [-0.2, -0.15) is 21.9 Å². The van der Waals surface area contributed by atoms with Crippen LogP contribution >= 0.6 is 0 Å². The van der Waals surface area contributed by atoms with Crippen LogP contribution in [0.25, 0.3) is 32.7 Å². The van der Waals surface area contributed by atoms with E-state index in [9.17, 15) is 31.6 Å². The summed E-state index contributed by atoms with van der Waals surface area (Å²) in [5, 5.41) is 31.0. The summed E-state index contributed by atoms with van der Waals surface area (Å²) in [7, 11) is -7.50. The topological polar surface area (TPSA) is 244 Å². The molecule has 6 rings (SSSR count). The van der Waals surface area contributed by atoms with Crippen molar-refractivity contribution < 1.29 is 41.2 Å². The molecule has 250 valence electrons. The smallest absolute Gasteiger partial charge is 0.296 e. The highest BCUT2D eigenvalue weighted by Crippen LogP contribution is 2.40. The van der Waals surface area contributed by atoms with Crippen LogP contribution in [0.15, 0.2) is 117 Å². The molecule has 0 atom stereocenters. The van der Waals surface area contributed by atoms with Gasteiger partial charge >= 0.3 is 0 Å². The second kappa shape index (κ2) is 12.7. The fourth-order valence-electron chi connectivity index (χ4n) is 5.27. The predicted molar refractivity (Wildman–Crippen MR) is 185 cm³/mol. The van der Waals surface area contributed by atoms with Crippen LogP contribution < -0.4 is 22.3 Å². The highest BCUT2D eigenvalue weighted by molar-refractivity contribution is 7.86. The molecule has 49 heavy (non-hydrogen) atoms. The molecule has 0 saturated carbocycles. The Hall–Kier alpha value is -5.78. The van der Waals surface area contributed by atoms with Crippen LogP contribution in [-0.2, 0) is 24.4 Å². The number of hydrogen-bond donors (Lipinski definition) is 7. The summed E-state index contributed by atoms with van der Waals surface area (Å²) in [5.74, 6) is -0.690. The van der Waals surface area contributed by atoms with Gasteiger partial charge in [0.1, 0.15) is 17.2 Å². The van der Waals surface area contributed by atoms with Crippen molar-refractivity contribution in [2.24, 2.45) is 10.2 Å². The van der Waals surface area contributed by atoms with Crippen LogP contribution in [0.5, 0.6) is 11.5 Å². The Balaban J connectivity index is 1.18. The van der Waals surface area contributed by atoms with Crippen LogP contribution in [0, 0.1) is 0 Å². The zero-order valence-corrected chi connectivity index (χ0v) is 27.2. The first-order valence-corrected chi connectivity index (χ1v) is 17.2. The average Bonchev–Trinajstić information content (AvgIpc) is 3.07. The number of rotatable bonds is 9. The van der Waals surface area contributed by atoms with Crippen molar-refractivity contribution in [3.05, 3.63) is 97.1 Å². The lowest BCUT2D eigenvalue weighted by atomic mass is 10.1. The summed E-state index contributed by atoms with van der Waals surface area (Å²) in [6.07, 6.45) is 0. The molecule has 0 aliphatic carbocycles. The van der Waals surface area contributed by atoms with Crippen molar-refractivity contribution in [1.82, 2.24) is 0 Å². The summed E-state index contributed by atoms with van der Waals surface area (Å²) < 4.78 is 61.4. The molecule has 0 heterocycles. The molecule has 10 N–H and O–H groups in total. The molecule has 6 aromatic carbocycles. The maximum Gasteiger partial charge on any atom is 0.296 e. The molecule has 0 amide bonds. The fraction of sp³-hybridized carbons (Fsp3) is 0.0303. The van der Waals surface area contributed by atoms with Crippen molar-refractivity contribution in [2.75, 3.05) is 24.0 Å². The number of nitrogen functional groups attached to an aromatic ring is 3. The van der Waals surface area contributed by atoms with Gasteiger partial charge in [-0.1, -0.05) is 36.4 Å². The third kappa shape index (κ3) is 6.67. The molecule has 0 fully saturated rings. The third-order valence-corrected chi connectivity index (χ3v) is 9.84. The number of hydrogen-bond acceptors (Lipinski definition) is 12. The molecule has 0 aliphatic heterocycles. The molecule has 16 heteroatoms. The summed E-state index contributed by atoms with van der Waals surface area (Å²) in [5.41, 5.74) is 21.3. The molecule has 0 bridgehead atoms. The highest BCUT2D eigenvalue weighted by atomic mass is 32.2. The molecular formula is C33H29N6O8S2+. The van der Waals surface area contributed by atoms with Crippen LogP contribution in [0.1, 0.15) is 0 Å². The van der Waals surface area contributed by atoms with E-state index in [1.165, 1.54) is 24.3 Å². The van der Waals surface area contributed by atoms with Crippen molar-refractivity contribution >= 4 is 75.9 Å². The Morgan fingerprint density at radius 2 is 1.24 bits per heavy atom. The number of benzene rings is 6. The summed E-state index contributed by atoms with van der Waals surface area (Å²) >= 11 is 0. The van der Waals surface area contributed by atoms with Gasteiger partial charge in [0.2, 0.25) is 0 Å². The van der Waals surface area contributed by atoms with E-state index in [0.717, 1.165) is 36.1 Å². The van der Waals surface area contributed by atoms with E-state index in [-0.39, 0.29) is 27.4 Å². The normalized spacial score (nSPS) is 12.2. The Bertz CT molecular complexity index is 2510. The summed E-state index contributed by atoms with van der Waals surface area (Å²) in [6.45, 7) is 0. The third-order valence-electron chi connectivity index (χ3n) is 7.76. The number of nitrogens with one attached hydrogen (secondary N) is 1. The lowest BCUT2D eigenvalue weighted by Crippen LogP contribution is -2.82. The standard InChI is InChI=1S/C33H28N6O8S2/c1-47-49(45,46)25-15-21-7-13-27(35)33(31(21)29(41)17-25)39-37-23-10-4-19(5-11-23)18-2-8-22(9-3-18)36-38-32-26(34)12-6-20-14-24(48(42,43)44)16-28(40)30(20)32/h2-17,37,39-41H,34-35H2,1H3,(H,42,43,44)/p+1. The van der Waals surface area contributed by atoms with Crippen molar-refractivity contribution in [3.63, 3.8) is 0 Å². The number of phenolic OH excluding ortho intramolecular Hbond substituents is 2. The predicted octanol–water partition coefficient (Wildman–Crippen LogP) is 5.45. The van der Waals surface area contributed by atoms with Gasteiger partial charge in [0.25, 0.3) is 20.2 Å². The van der Waals surface area contributed by atoms with Crippen molar-refractivity contribution in [1.29, 1.82) is 0 Å². The van der Waals surface area contributed by atoms with Gasteiger partial charge in [0.15, 0.2) is 5.69 Å². The first kappa shape index (κ1) is 33.1. The zero-order valence-electron chi connectivity index (χ0n) is 25.6. The number of nitrogens with zero attached hydrogens (tertiary/aromatic N) is 2. The second-order valence-corrected chi connectivity index (χ2v) is 14.0. The van der Waals surface area contributed by atoms with Gasteiger partial charge in [-0.3, -0.25) is 8.74 Å². The minimum atomic E-state index is -4.54. The second-order valence-electron chi connectivity index (χ2n) is 10.9. The first-order chi connectivity index (χ1) is 23.2. The van der Waals surface area contributed by atoms with Gasteiger partial charge < -0.3 is 21.7 Å². The Morgan fingerprint density at radius 1 is 0.694 bits per heavy atom. The number of azo groups is 1. The van der Waals surface area contributed by atoms with Crippen LogP contribution in [0.2, 0.25) is 0 Å². The van der Waals surface area contributed by atoms with Gasteiger partial charge in [-0.25, -0.2) is 10.9 Å². The van der Waals surface area contributed by atoms with Gasteiger partial charge in [-0.05, 0) is 70.4 Å². The summed E-state index contributed by atoms with van der Waals surface area (Å²) in [6, 6.07) is 25.6. The largest absolute Gasteiger partial charge is 0.507 e. The van der Waals surface area contributed by atoms with E-state index in [2.05, 4.69) is 19.8 Å². The minimum absolute atomic E-state index is 0.144. The maximum atomic E-state index is 12.2. The monoisotopic (exact) mass is 701 g/mol. The number of phenols is 2. The molecule has 0 saturated heterocycles. The lowest BCUT2D eigenvalue weighted by Gasteiger charge is -2.12. The Labute approximate surface area is 280 Å². The maximum absolute atomic E-state index is 12.2. The van der Waals surface area contributed by atoms with E-state index < -0.39 is 30.9 Å². The van der Waals surface area contributed by atoms with Crippen LogP contribution in [-0.4, -0.2) is 38.7 Å². The van der Waals surface area contributed by atoms with Gasteiger partial charge in [0, 0.05) is 12.1 Å². The molecule has 0 aliphatic rings. The number of fused-ring (bicyclic) bond motifs is 2. The Morgan fingerprint density at radius 3 is 1.88 bits per heavy atom. The van der Waals surface area contributed by atoms with Gasteiger partial charge in [0.05, 0.1) is 50.4 Å². The first-order valence-electron chi connectivity index (χ1n) is 14.4. The van der Waals surface area contributed by atoms with E-state index in [1.54, 1.807) is 29.7 Å². The molecule has 14 nitrogen and oxygen atoms in total. The number of anilines is 3. The van der Waals surface area contributed by atoms with E-state index in [4.69, 9.17) is 11.5 Å². The van der Waals surface area contributed by atoms with Crippen molar-refractivity contribution in [3.8, 4) is 22.6 Å². The highest BCUT2D eigenvalue weighted by Gasteiger charge is 2.21. The molecule has 0 aromatic heterocycles. The fourth-order valence-corrected chi connectivity index (χ4v) is 6.53. The molecular weight excluding hydrogens is 673 g/mol. The van der Waals surface area contributed by atoms with Crippen LogP contribution in [0.4, 0.5) is 34.1 Å². The zero-order chi connectivity index (χ0) is 35.1. The number of aromatic hydroxyl groups is 2. The minimum Gasteiger partial charge on any atom is -0.507 e. The van der Waals surface area contributed by atoms with Crippen molar-refractivity contribution in [2.45, 2.75) is 9.79 Å². The average molecular weight is 702 g/mol. The Kier molecular flexibility index (Phi) is 8.57. The van der Waals surface area contributed by atoms with E-state index in [1.807, 2.05) is 36.4 Å². The SMILES string of the molecule is COS(=O)(=O)c1cc(O)c2c([NH2+]Nc3ccc(-c4ccc(N=Nc5c(N)ccc6cc(S(=O)(=O)O)cc(O)c56)cc4)cc3)c(N)ccc2c1. The van der Waals surface area contributed by atoms with E-state index in [0.29, 0.717) is 33.2 Å². The summed E-state index contributed by atoms with van der Waals surface area (Å²) in [4.78, 5) is -0.639. The quantitative estimate of drug-likeness (QED) is 0.0249. The lowest BCUT2D eigenvalue weighted by molar-refractivity contribution is -0.536. The van der Waals surface area contributed by atoms with Gasteiger partial charge in [-0.15, -0.1) is 5.11 Å². The van der Waals surface area contributed by atoms with Crippen LogP contribution in [0.3, 0.4) is 0 Å². The number of nitrogens with two attached hydrogens (primary N) is 3.